The normalized spacial score (nSPS) is 19.1. The summed E-state index contributed by atoms with van der Waals surface area (Å²) in [7, 11) is 0. The molecule has 0 aliphatic carbocycles. The number of rotatable bonds is 2. The highest BCUT2D eigenvalue weighted by Gasteiger charge is 2.32. The minimum atomic E-state index is -1.11. The van der Waals surface area contributed by atoms with Crippen molar-refractivity contribution < 1.29 is 22.8 Å². The molecule has 7 nitrogen and oxygen atoms in total. The van der Waals surface area contributed by atoms with Crippen molar-refractivity contribution in [2.45, 2.75) is 38.6 Å². The number of nitrogens with zero attached hydrogens (tertiary/aromatic N) is 4. The molecule has 41 heavy (non-hydrogen) atoms. The highest BCUT2D eigenvalue weighted by Crippen LogP contribution is 2.38. The average molecular weight is 556 g/mol. The lowest BCUT2D eigenvalue weighted by Gasteiger charge is -2.34. The summed E-state index contributed by atoms with van der Waals surface area (Å²) in [5, 5.41) is 21.5. The number of carbonyl (C=O) groups excluding carboxylic acids is 2. The highest BCUT2D eigenvalue weighted by atomic mass is 19.2. The van der Waals surface area contributed by atoms with E-state index in [0.717, 1.165) is 6.07 Å². The maximum Gasteiger partial charge on any atom is 0.247 e. The molecule has 2 amide bonds. The fourth-order valence-electron chi connectivity index (χ4n) is 5.42. The zero-order valence-electron chi connectivity index (χ0n) is 22.0. The van der Waals surface area contributed by atoms with Crippen LogP contribution in [0.25, 0.3) is 16.7 Å². The highest BCUT2D eigenvalue weighted by molar-refractivity contribution is 5.98. The number of anilines is 1. The number of benzene rings is 2. The van der Waals surface area contributed by atoms with Gasteiger partial charge in [-0.25, -0.2) is 13.2 Å². The molecule has 0 saturated heterocycles. The Bertz CT molecular complexity index is 1690. The number of hydrogen-bond acceptors (Lipinski definition) is 5. The number of pyridine rings is 1. The van der Waals surface area contributed by atoms with Crippen LogP contribution in [0.15, 0.2) is 48.7 Å². The van der Waals surface area contributed by atoms with E-state index in [-0.39, 0.29) is 52.4 Å². The maximum atomic E-state index is 15.1. The predicted molar refractivity (Wildman–Crippen MR) is 144 cm³/mol. The van der Waals surface area contributed by atoms with Crippen LogP contribution in [0.4, 0.5) is 18.9 Å². The van der Waals surface area contributed by atoms with Crippen molar-refractivity contribution in [3.63, 3.8) is 0 Å². The summed E-state index contributed by atoms with van der Waals surface area (Å²) in [6.07, 6.45) is 4.40. The van der Waals surface area contributed by atoms with Crippen LogP contribution in [-0.4, -0.2) is 28.2 Å². The van der Waals surface area contributed by atoms with Crippen molar-refractivity contribution in [1.82, 2.24) is 9.88 Å². The minimum Gasteiger partial charge on any atom is -0.330 e. The quantitative estimate of drug-likeness (QED) is 0.416. The van der Waals surface area contributed by atoms with Crippen LogP contribution in [0.5, 0.6) is 0 Å². The summed E-state index contributed by atoms with van der Waals surface area (Å²) >= 11 is 0. The van der Waals surface area contributed by atoms with Gasteiger partial charge in [-0.15, -0.1) is 0 Å². The Morgan fingerprint density at radius 1 is 0.976 bits per heavy atom. The van der Waals surface area contributed by atoms with Crippen molar-refractivity contribution in [1.29, 1.82) is 10.5 Å². The molecular weight excluding hydrogens is 531 g/mol. The molecule has 0 fully saturated rings. The summed E-state index contributed by atoms with van der Waals surface area (Å²) in [6.45, 7) is 1.91. The number of nitriles is 2. The summed E-state index contributed by atoms with van der Waals surface area (Å²) in [5.74, 6) is -4.24. The number of halogens is 3. The summed E-state index contributed by atoms with van der Waals surface area (Å²) in [6, 6.07) is 11.1. The molecule has 2 aliphatic heterocycles. The van der Waals surface area contributed by atoms with E-state index in [1.807, 2.05) is 6.07 Å². The lowest BCUT2D eigenvalue weighted by molar-refractivity contribution is -0.129. The summed E-state index contributed by atoms with van der Waals surface area (Å²) < 4.78 is 44.5. The van der Waals surface area contributed by atoms with Gasteiger partial charge in [-0.2, -0.15) is 10.5 Å². The third-order valence-electron chi connectivity index (χ3n) is 7.61. The molecule has 2 aromatic carbocycles. The van der Waals surface area contributed by atoms with E-state index in [0.29, 0.717) is 30.5 Å². The van der Waals surface area contributed by atoms with Crippen LogP contribution in [0.1, 0.15) is 61.0 Å². The molecule has 0 radical (unpaired) electrons. The molecule has 1 aromatic heterocycles. The van der Waals surface area contributed by atoms with Gasteiger partial charge in [0.2, 0.25) is 11.8 Å². The van der Waals surface area contributed by atoms with E-state index < -0.39 is 35.3 Å². The summed E-state index contributed by atoms with van der Waals surface area (Å²) in [5.41, 5.74) is 0.805. The molecule has 2 bridgehead atoms. The molecule has 3 heterocycles. The zero-order chi connectivity index (χ0) is 29.3. The Morgan fingerprint density at radius 2 is 1.73 bits per heavy atom. The molecule has 3 aromatic rings. The van der Waals surface area contributed by atoms with Crippen molar-refractivity contribution in [3.05, 3.63) is 88.5 Å². The fraction of sp³-hybridized carbons (Fsp3) is 0.258. The van der Waals surface area contributed by atoms with Crippen LogP contribution in [0.3, 0.4) is 0 Å². The number of carbonyl (C=O) groups is 2. The van der Waals surface area contributed by atoms with Gasteiger partial charge in [0.1, 0.15) is 11.9 Å². The van der Waals surface area contributed by atoms with Crippen molar-refractivity contribution in [2.24, 2.45) is 5.92 Å². The Morgan fingerprint density at radius 3 is 2.46 bits per heavy atom. The number of hydrogen-bond donors (Lipinski definition) is 1. The number of fused-ring (bicyclic) bond motifs is 4. The second-order valence-corrected chi connectivity index (χ2v) is 10.1. The van der Waals surface area contributed by atoms with Gasteiger partial charge in [-0.05, 0) is 66.8 Å². The van der Waals surface area contributed by atoms with Crippen LogP contribution in [-0.2, 0) is 9.59 Å². The first-order chi connectivity index (χ1) is 19.7. The number of nitrogens with one attached hydrogen (secondary N) is 1. The van der Waals surface area contributed by atoms with Crippen molar-refractivity contribution >= 4 is 23.1 Å². The lowest BCUT2D eigenvalue weighted by Crippen LogP contribution is -2.38. The van der Waals surface area contributed by atoms with E-state index in [1.165, 1.54) is 36.5 Å². The first-order valence-electron chi connectivity index (χ1n) is 13.1. The molecule has 206 valence electrons. The van der Waals surface area contributed by atoms with Crippen LogP contribution >= 0.6 is 0 Å². The standard InChI is InChI=1S/C31H24F3N5O2/c1-17-3-2-4-25(24-13-18(9-11-37-24)28-23(38-31(17)41)8-7-22(32)30(28)34)39-12-10-19(14-26(39)40)27-20(15-35)5-6-21(16-36)29(27)33/h5-9,11,13-14,17,25H,2-4,10,12H2,1H3,(H,38,41). The summed E-state index contributed by atoms with van der Waals surface area (Å²) in [4.78, 5) is 32.4. The third kappa shape index (κ3) is 5.17. The van der Waals surface area contributed by atoms with Gasteiger partial charge in [-0.3, -0.25) is 14.6 Å². The zero-order valence-corrected chi connectivity index (χ0v) is 22.0. The van der Waals surface area contributed by atoms with Crippen LogP contribution < -0.4 is 5.32 Å². The Labute approximate surface area is 234 Å². The second-order valence-electron chi connectivity index (χ2n) is 10.1. The molecule has 2 unspecified atom stereocenters. The van der Waals surface area contributed by atoms with Crippen LogP contribution in [0, 0.1) is 46.0 Å². The van der Waals surface area contributed by atoms with E-state index in [9.17, 15) is 24.5 Å². The third-order valence-corrected chi connectivity index (χ3v) is 7.61. The number of amides is 2. The van der Waals surface area contributed by atoms with Gasteiger partial charge in [0, 0.05) is 35.9 Å². The molecular formula is C31H24F3N5O2. The largest absolute Gasteiger partial charge is 0.330 e. The first kappa shape index (κ1) is 27.6. The number of aromatic nitrogens is 1. The van der Waals surface area contributed by atoms with Gasteiger partial charge >= 0.3 is 0 Å². The predicted octanol–water partition coefficient (Wildman–Crippen LogP) is 6.02. The van der Waals surface area contributed by atoms with Crippen molar-refractivity contribution in [2.75, 3.05) is 11.9 Å². The van der Waals surface area contributed by atoms with E-state index in [4.69, 9.17) is 0 Å². The average Bonchev–Trinajstić information content (AvgIpc) is 2.97. The van der Waals surface area contributed by atoms with Gasteiger partial charge in [0.25, 0.3) is 0 Å². The Hall–Kier alpha value is -4.96. The van der Waals surface area contributed by atoms with E-state index >= 15 is 8.78 Å². The topological polar surface area (TPSA) is 110 Å². The van der Waals surface area contributed by atoms with Gasteiger partial charge in [0.15, 0.2) is 11.6 Å². The van der Waals surface area contributed by atoms with Gasteiger partial charge in [-0.1, -0.05) is 13.3 Å². The molecule has 2 aliphatic rings. The lowest BCUT2D eigenvalue weighted by atomic mass is 9.90. The Balaban J connectivity index is 1.57. The molecule has 5 rings (SSSR count). The molecule has 10 heteroatoms. The van der Waals surface area contributed by atoms with Crippen molar-refractivity contribution in [3.8, 4) is 23.3 Å². The van der Waals surface area contributed by atoms with Gasteiger partial charge < -0.3 is 10.2 Å². The molecule has 0 saturated carbocycles. The van der Waals surface area contributed by atoms with E-state index in [1.54, 1.807) is 24.0 Å². The second kappa shape index (κ2) is 11.3. The smallest absolute Gasteiger partial charge is 0.247 e. The van der Waals surface area contributed by atoms with Crippen LogP contribution in [0.2, 0.25) is 0 Å². The SMILES string of the molecule is CC1CCCC(N2CCC(c3c(C#N)ccc(C#N)c3F)=CC2=O)c2cc(ccn2)-c2c(ccc(F)c2F)NC1=O. The maximum absolute atomic E-state index is 15.1. The molecule has 2 atom stereocenters. The fourth-order valence-corrected chi connectivity index (χ4v) is 5.42. The minimum absolute atomic E-state index is 0.0227. The molecule has 1 N–H and O–H groups in total. The monoisotopic (exact) mass is 555 g/mol. The van der Waals surface area contributed by atoms with Gasteiger partial charge in [0.05, 0.1) is 34.6 Å². The molecule has 0 spiro atoms. The Kier molecular flexibility index (Phi) is 7.58. The van der Waals surface area contributed by atoms with E-state index in [2.05, 4.69) is 10.3 Å². The first-order valence-corrected chi connectivity index (χ1v) is 13.1.